The minimum absolute atomic E-state index is 0. The number of amides is 2. The van der Waals surface area contributed by atoms with E-state index in [-0.39, 0.29) is 24.2 Å². The fourth-order valence-electron chi connectivity index (χ4n) is 4.01. The summed E-state index contributed by atoms with van der Waals surface area (Å²) in [4.78, 5) is 29.6. The number of piperidine rings is 2. The molecular weight excluding hydrogens is 350 g/mol. The monoisotopic (exact) mass is 379 g/mol. The molecule has 2 heterocycles. The summed E-state index contributed by atoms with van der Waals surface area (Å²) in [6.45, 7) is 3.27. The molecule has 1 aromatic carbocycles. The highest BCUT2D eigenvalue weighted by atomic mass is 35.5. The van der Waals surface area contributed by atoms with E-state index in [0.717, 1.165) is 50.9 Å². The number of nitrogens with one attached hydrogen (secondary N) is 1. The average Bonchev–Trinajstić information content (AvgIpc) is 2.65. The zero-order valence-corrected chi connectivity index (χ0v) is 16.3. The molecule has 6 heteroatoms. The van der Waals surface area contributed by atoms with Crippen LogP contribution in [0.25, 0.3) is 0 Å². The first-order chi connectivity index (χ1) is 12.2. The maximum Gasteiger partial charge on any atom is 0.250 e. The molecule has 0 spiro atoms. The Morgan fingerprint density at radius 2 is 1.85 bits per heavy atom. The molecule has 0 aliphatic carbocycles. The summed E-state index contributed by atoms with van der Waals surface area (Å²) in [6.07, 6.45) is 4.53. The number of rotatable bonds is 5. The SMILES string of the molecule is CNCC1CCN(C(=O)C(c2ccccc2)N2CCCCC2=O)CC1.Cl. The fraction of sp³-hybridized carbons (Fsp3) is 0.600. The molecular formula is C20H30ClN3O2. The van der Waals surface area contributed by atoms with Gasteiger partial charge in [0, 0.05) is 26.1 Å². The number of halogens is 1. The van der Waals surface area contributed by atoms with Crippen molar-refractivity contribution < 1.29 is 9.59 Å². The maximum atomic E-state index is 13.3. The number of likely N-dealkylation sites (tertiary alicyclic amines) is 2. The zero-order valence-electron chi connectivity index (χ0n) is 15.5. The molecule has 1 unspecified atom stereocenters. The first kappa shape index (κ1) is 20.7. The lowest BCUT2D eigenvalue weighted by molar-refractivity contribution is -0.148. The summed E-state index contributed by atoms with van der Waals surface area (Å²) in [7, 11) is 1.98. The largest absolute Gasteiger partial charge is 0.341 e. The molecule has 2 amide bonds. The van der Waals surface area contributed by atoms with Gasteiger partial charge in [0.15, 0.2) is 0 Å². The molecule has 1 aromatic rings. The molecule has 0 bridgehead atoms. The van der Waals surface area contributed by atoms with Crippen LogP contribution in [0, 0.1) is 5.92 Å². The smallest absolute Gasteiger partial charge is 0.250 e. The Morgan fingerprint density at radius 3 is 2.46 bits per heavy atom. The van der Waals surface area contributed by atoms with Crippen LogP contribution in [-0.4, -0.2) is 54.8 Å². The van der Waals surface area contributed by atoms with Gasteiger partial charge in [0.1, 0.15) is 6.04 Å². The minimum atomic E-state index is -0.463. The molecule has 2 saturated heterocycles. The van der Waals surface area contributed by atoms with Gasteiger partial charge in [-0.3, -0.25) is 9.59 Å². The first-order valence-corrected chi connectivity index (χ1v) is 9.48. The van der Waals surface area contributed by atoms with E-state index in [1.54, 1.807) is 4.90 Å². The molecule has 1 N–H and O–H groups in total. The van der Waals surface area contributed by atoms with E-state index >= 15 is 0 Å². The lowest BCUT2D eigenvalue weighted by Crippen LogP contribution is -2.49. The van der Waals surface area contributed by atoms with Crippen molar-refractivity contribution in [2.45, 2.75) is 38.1 Å². The second-order valence-electron chi connectivity index (χ2n) is 7.18. The molecule has 2 aliphatic heterocycles. The van der Waals surface area contributed by atoms with Crippen LogP contribution in [0.1, 0.15) is 43.7 Å². The van der Waals surface area contributed by atoms with Crippen LogP contribution in [0.15, 0.2) is 30.3 Å². The summed E-state index contributed by atoms with van der Waals surface area (Å²) in [5.41, 5.74) is 0.931. The van der Waals surface area contributed by atoms with E-state index < -0.39 is 6.04 Å². The van der Waals surface area contributed by atoms with Gasteiger partial charge < -0.3 is 15.1 Å². The maximum absolute atomic E-state index is 13.3. The quantitative estimate of drug-likeness (QED) is 0.855. The van der Waals surface area contributed by atoms with E-state index in [1.165, 1.54) is 0 Å². The van der Waals surface area contributed by atoms with Gasteiger partial charge in [-0.1, -0.05) is 30.3 Å². The van der Waals surface area contributed by atoms with E-state index in [1.807, 2.05) is 42.3 Å². The van der Waals surface area contributed by atoms with Gasteiger partial charge in [0.05, 0.1) is 0 Å². The van der Waals surface area contributed by atoms with Crippen molar-refractivity contribution >= 4 is 24.2 Å². The lowest BCUT2D eigenvalue weighted by atomic mass is 9.94. The van der Waals surface area contributed by atoms with Crippen molar-refractivity contribution in [1.82, 2.24) is 15.1 Å². The standard InChI is InChI=1S/C20H29N3O2.ClH/c1-21-15-16-10-13-22(14-11-16)20(25)19(17-7-3-2-4-8-17)23-12-6-5-9-18(23)24;/h2-4,7-8,16,19,21H,5-6,9-15H2,1H3;1H. The summed E-state index contributed by atoms with van der Waals surface area (Å²) in [6, 6.07) is 9.32. The number of nitrogens with zero attached hydrogens (tertiary/aromatic N) is 2. The van der Waals surface area contributed by atoms with Crippen LogP contribution in [0.2, 0.25) is 0 Å². The van der Waals surface area contributed by atoms with Gasteiger partial charge in [0.2, 0.25) is 11.8 Å². The Balaban J connectivity index is 0.00000243. The molecule has 0 saturated carbocycles. The lowest BCUT2D eigenvalue weighted by Gasteiger charge is -2.39. The Kier molecular flexibility index (Phi) is 7.91. The van der Waals surface area contributed by atoms with Crippen molar-refractivity contribution in [3.05, 3.63) is 35.9 Å². The topological polar surface area (TPSA) is 52.7 Å². The molecule has 0 radical (unpaired) electrons. The van der Waals surface area contributed by atoms with Crippen molar-refractivity contribution in [2.75, 3.05) is 33.2 Å². The van der Waals surface area contributed by atoms with Gasteiger partial charge in [0.25, 0.3) is 0 Å². The molecule has 5 nitrogen and oxygen atoms in total. The molecule has 2 fully saturated rings. The van der Waals surface area contributed by atoms with E-state index in [4.69, 9.17) is 0 Å². The number of hydrogen-bond acceptors (Lipinski definition) is 3. The Labute approximate surface area is 162 Å². The highest BCUT2D eigenvalue weighted by molar-refractivity contribution is 5.89. The Morgan fingerprint density at radius 1 is 1.15 bits per heavy atom. The number of carbonyl (C=O) groups excluding carboxylic acids is 2. The van der Waals surface area contributed by atoms with E-state index in [2.05, 4.69) is 5.32 Å². The van der Waals surface area contributed by atoms with Gasteiger partial charge in [-0.2, -0.15) is 0 Å². The van der Waals surface area contributed by atoms with Crippen LogP contribution in [0.4, 0.5) is 0 Å². The predicted molar refractivity (Wildman–Crippen MR) is 105 cm³/mol. The van der Waals surface area contributed by atoms with Gasteiger partial charge in [-0.25, -0.2) is 0 Å². The van der Waals surface area contributed by atoms with Crippen LogP contribution in [0.5, 0.6) is 0 Å². The van der Waals surface area contributed by atoms with Gasteiger partial charge in [-0.05, 0) is 50.8 Å². The molecule has 0 aromatic heterocycles. The third kappa shape index (κ3) is 4.77. The van der Waals surface area contributed by atoms with Crippen LogP contribution in [0.3, 0.4) is 0 Å². The van der Waals surface area contributed by atoms with Crippen molar-refractivity contribution in [1.29, 1.82) is 0 Å². The highest BCUT2D eigenvalue weighted by Gasteiger charge is 2.36. The fourth-order valence-corrected chi connectivity index (χ4v) is 4.01. The van der Waals surface area contributed by atoms with Crippen molar-refractivity contribution in [3.8, 4) is 0 Å². The second-order valence-corrected chi connectivity index (χ2v) is 7.18. The third-order valence-corrected chi connectivity index (χ3v) is 5.44. The van der Waals surface area contributed by atoms with Gasteiger partial charge in [-0.15, -0.1) is 12.4 Å². The summed E-state index contributed by atoms with van der Waals surface area (Å²) in [5, 5.41) is 3.23. The third-order valence-electron chi connectivity index (χ3n) is 5.44. The molecule has 1 atom stereocenters. The summed E-state index contributed by atoms with van der Waals surface area (Å²) >= 11 is 0. The number of carbonyl (C=O) groups is 2. The van der Waals surface area contributed by atoms with E-state index in [9.17, 15) is 9.59 Å². The molecule has 144 valence electrons. The number of benzene rings is 1. The average molecular weight is 380 g/mol. The van der Waals surface area contributed by atoms with Crippen LogP contribution < -0.4 is 5.32 Å². The Bertz CT molecular complexity index is 588. The number of hydrogen-bond donors (Lipinski definition) is 1. The molecule has 3 rings (SSSR count). The first-order valence-electron chi connectivity index (χ1n) is 9.48. The zero-order chi connectivity index (χ0) is 17.6. The summed E-state index contributed by atoms with van der Waals surface area (Å²) < 4.78 is 0. The van der Waals surface area contributed by atoms with Gasteiger partial charge >= 0.3 is 0 Å². The van der Waals surface area contributed by atoms with E-state index in [0.29, 0.717) is 18.9 Å². The van der Waals surface area contributed by atoms with Crippen LogP contribution in [-0.2, 0) is 9.59 Å². The molecule has 26 heavy (non-hydrogen) atoms. The van der Waals surface area contributed by atoms with Crippen molar-refractivity contribution in [3.63, 3.8) is 0 Å². The normalized spacial score (nSPS) is 19.8. The minimum Gasteiger partial charge on any atom is -0.341 e. The van der Waals surface area contributed by atoms with Crippen LogP contribution >= 0.6 is 12.4 Å². The predicted octanol–water partition coefficient (Wildman–Crippen LogP) is 2.62. The second kappa shape index (κ2) is 9.93. The highest BCUT2D eigenvalue weighted by Crippen LogP contribution is 2.29. The van der Waals surface area contributed by atoms with Crippen molar-refractivity contribution in [2.24, 2.45) is 5.92 Å². The Hall–Kier alpha value is -1.59. The molecule has 2 aliphatic rings. The summed E-state index contributed by atoms with van der Waals surface area (Å²) in [5.74, 6) is 0.837.